The molecule has 0 fully saturated rings. The van der Waals surface area contributed by atoms with Gasteiger partial charge in [0, 0.05) is 12.1 Å². The summed E-state index contributed by atoms with van der Waals surface area (Å²) in [6, 6.07) is 7.84. The van der Waals surface area contributed by atoms with E-state index in [-0.39, 0.29) is 39.5 Å². The summed E-state index contributed by atoms with van der Waals surface area (Å²) in [5.74, 6) is -2.99. The standard InChI is InChI=1S/C19H13ClN2O5/c1-2-7-22-17(24)12-5-3-10(8-13(12)18(22)25)16(23)21-15-9-11(19(26)27)4-6-14(15)20/h2-6,8-9H,1,7H2,(H,21,23)(H,26,27)/p-1. The molecule has 0 saturated carbocycles. The molecule has 0 unspecified atom stereocenters. The van der Waals surface area contributed by atoms with Crippen molar-refractivity contribution in [2.45, 2.75) is 0 Å². The van der Waals surface area contributed by atoms with Gasteiger partial charge >= 0.3 is 0 Å². The summed E-state index contributed by atoms with van der Waals surface area (Å²) in [6.45, 7) is 3.58. The predicted molar refractivity (Wildman–Crippen MR) is 95.7 cm³/mol. The van der Waals surface area contributed by atoms with Crippen LogP contribution in [0.1, 0.15) is 41.4 Å². The van der Waals surface area contributed by atoms with Gasteiger partial charge in [0.05, 0.1) is 27.8 Å². The van der Waals surface area contributed by atoms with Crippen LogP contribution in [-0.2, 0) is 0 Å². The maximum Gasteiger partial charge on any atom is 0.261 e. The third-order valence-corrected chi connectivity index (χ3v) is 4.32. The number of amides is 3. The number of benzene rings is 2. The van der Waals surface area contributed by atoms with Gasteiger partial charge in [0.15, 0.2) is 0 Å². The first-order chi connectivity index (χ1) is 12.8. The number of imide groups is 1. The molecule has 136 valence electrons. The van der Waals surface area contributed by atoms with Crippen molar-refractivity contribution in [2.75, 3.05) is 11.9 Å². The first-order valence-corrected chi connectivity index (χ1v) is 8.14. The number of halogens is 1. The highest BCUT2D eigenvalue weighted by molar-refractivity contribution is 6.34. The van der Waals surface area contributed by atoms with Gasteiger partial charge in [-0.25, -0.2) is 0 Å². The van der Waals surface area contributed by atoms with E-state index in [2.05, 4.69) is 11.9 Å². The average Bonchev–Trinajstić information content (AvgIpc) is 2.88. The van der Waals surface area contributed by atoms with Crippen molar-refractivity contribution < 1.29 is 24.3 Å². The second-order valence-corrected chi connectivity index (χ2v) is 6.11. The molecule has 1 aliphatic rings. The van der Waals surface area contributed by atoms with Gasteiger partial charge in [-0.1, -0.05) is 23.7 Å². The number of carboxylic acid groups (broad SMARTS) is 1. The maximum atomic E-state index is 12.5. The zero-order valence-corrected chi connectivity index (χ0v) is 14.6. The fourth-order valence-corrected chi connectivity index (χ4v) is 2.83. The Labute approximate surface area is 158 Å². The van der Waals surface area contributed by atoms with E-state index in [9.17, 15) is 24.3 Å². The lowest BCUT2D eigenvalue weighted by molar-refractivity contribution is -0.255. The monoisotopic (exact) mass is 383 g/mol. The molecule has 3 amide bonds. The Kier molecular flexibility index (Phi) is 4.79. The predicted octanol–water partition coefficient (Wildman–Crippen LogP) is 1.74. The molecule has 0 radical (unpaired) electrons. The van der Waals surface area contributed by atoms with Gasteiger partial charge < -0.3 is 15.2 Å². The summed E-state index contributed by atoms with van der Waals surface area (Å²) >= 11 is 5.98. The smallest absolute Gasteiger partial charge is 0.261 e. The number of hydrogen-bond acceptors (Lipinski definition) is 5. The summed E-state index contributed by atoms with van der Waals surface area (Å²) in [4.78, 5) is 49.0. The summed E-state index contributed by atoms with van der Waals surface area (Å²) in [5.41, 5.74) is 0.369. The number of aromatic carboxylic acids is 1. The Morgan fingerprint density at radius 3 is 2.41 bits per heavy atom. The Morgan fingerprint density at radius 1 is 1.07 bits per heavy atom. The van der Waals surface area contributed by atoms with Crippen molar-refractivity contribution in [1.82, 2.24) is 4.90 Å². The molecule has 0 saturated heterocycles. The van der Waals surface area contributed by atoms with E-state index < -0.39 is 23.7 Å². The zero-order chi connectivity index (χ0) is 19.7. The average molecular weight is 384 g/mol. The molecule has 0 atom stereocenters. The van der Waals surface area contributed by atoms with Crippen LogP contribution in [0.4, 0.5) is 5.69 Å². The fraction of sp³-hybridized carbons (Fsp3) is 0.0526. The van der Waals surface area contributed by atoms with E-state index >= 15 is 0 Å². The molecule has 27 heavy (non-hydrogen) atoms. The van der Waals surface area contributed by atoms with Crippen molar-refractivity contribution in [1.29, 1.82) is 0 Å². The molecule has 2 aromatic carbocycles. The fourth-order valence-electron chi connectivity index (χ4n) is 2.67. The van der Waals surface area contributed by atoms with Crippen molar-refractivity contribution in [3.05, 3.63) is 76.3 Å². The molecule has 3 rings (SSSR count). The highest BCUT2D eigenvalue weighted by atomic mass is 35.5. The van der Waals surface area contributed by atoms with Gasteiger partial charge in [0.1, 0.15) is 0 Å². The lowest BCUT2D eigenvalue weighted by atomic mass is 10.1. The number of carbonyl (C=O) groups excluding carboxylic acids is 4. The van der Waals surface area contributed by atoms with Crippen molar-refractivity contribution >= 4 is 41.0 Å². The summed E-state index contributed by atoms with van der Waals surface area (Å²) in [6.07, 6.45) is 1.43. The third-order valence-electron chi connectivity index (χ3n) is 3.99. The molecule has 0 aliphatic carbocycles. The van der Waals surface area contributed by atoms with Crippen molar-refractivity contribution in [2.24, 2.45) is 0 Å². The largest absolute Gasteiger partial charge is 0.545 e. The van der Waals surface area contributed by atoms with Gasteiger partial charge in [-0.3, -0.25) is 19.3 Å². The minimum atomic E-state index is -1.41. The molecule has 1 aliphatic heterocycles. The van der Waals surface area contributed by atoms with E-state index in [0.29, 0.717) is 0 Å². The van der Waals surface area contributed by atoms with E-state index in [1.807, 2.05) is 0 Å². The molecular formula is C19H12ClN2O5-. The Bertz CT molecular complexity index is 1020. The second kappa shape index (κ2) is 7.05. The van der Waals surface area contributed by atoms with E-state index in [0.717, 1.165) is 4.90 Å². The highest BCUT2D eigenvalue weighted by Gasteiger charge is 2.35. The number of nitrogens with one attached hydrogen (secondary N) is 1. The highest BCUT2D eigenvalue weighted by Crippen LogP contribution is 2.26. The van der Waals surface area contributed by atoms with E-state index in [1.165, 1.54) is 42.5 Å². The summed E-state index contributed by atoms with van der Waals surface area (Å²) in [7, 11) is 0. The van der Waals surface area contributed by atoms with E-state index in [1.54, 1.807) is 0 Å². The maximum absolute atomic E-state index is 12.5. The van der Waals surface area contributed by atoms with Crippen molar-refractivity contribution in [3.63, 3.8) is 0 Å². The number of nitrogens with zero attached hydrogens (tertiary/aromatic N) is 1. The minimum absolute atomic E-state index is 0.0689. The van der Waals surface area contributed by atoms with Crippen LogP contribution in [-0.4, -0.2) is 35.1 Å². The number of fused-ring (bicyclic) bond motifs is 1. The molecule has 1 heterocycles. The summed E-state index contributed by atoms with van der Waals surface area (Å²) < 4.78 is 0. The molecule has 8 heteroatoms. The van der Waals surface area contributed by atoms with Crippen LogP contribution in [0.5, 0.6) is 0 Å². The third kappa shape index (κ3) is 3.32. The first kappa shape index (κ1) is 18.3. The number of carboxylic acids is 1. The lowest BCUT2D eigenvalue weighted by Crippen LogP contribution is -2.29. The lowest BCUT2D eigenvalue weighted by Gasteiger charge is -2.10. The molecule has 2 aromatic rings. The Morgan fingerprint density at radius 2 is 1.74 bits per heavy atom. The SMILES string of the molecule is C=CCN1C(=O)c2ccc(C(=O)Nc3cc(C(=O)[O-])ccc3Cl)cc2C1=O. The molecule has 0 bridgehead atoms. The molecule has 7 nitrogen and oxygen atoms in total. The molecule has 1 N–H and O–H groups in total. The van der Waals surface area contributed by atoms with Gasteiger partial charge in [0.25, 0.3) is 17.7 Å². The zero-order valence-electron chi connectivity index (χ0n) is 13.8. The van der Waals surface area contributed by atoms with Crippen LogP contribution in [0, 0.1) is 0 Å². The van der Waals surface area contributed by atoms with Crippen LogP contribution in [0.15, 0.2) is 49.1 Å². The van der Waals surface area contributed by atoms with Crippen LogP contribution in [0.25, 0.3) is 0 Å². The van der Waals surface area contributed by atoms with Crippen LogP contribution < -0.4 is 10.4 Å². The molecule has 0 aromatic heterocycles. The minimum Gasteiger partial charge on any atom is -0.545 e. The number of carbonyl (C=O) groups is 4. The van der Waals surface area contributed by atoms with Gasteiger partial charge in [-0.05, 0) is 35.9 Å². The number of hydrogen-bond donors (Lipinski definition) is 1. The normalized spacial score (nSPS) is 12.7. The number of anilines is 1. The van der Waals surface area contributed by atoms with Gasteiger partial charge in [-0.15, -0.1) is 6.58 Å². The first-order valence-electron chi connectivity index (χ1n) is 7.77. The topological polar surface area (TPSA) is 107 Å². The van der Waals surface area contributed by atoms with Crippen LogP contribution in [0.2, 0.25) is 5.02 Å². The molecular weight excluding hydrogens is 372 g/mol. The summed E-state index contributed by atoms with van der Waals surface area (Å²) in [5, 5.41) is 13.6. The van der Waals surface area contributed by atoms with Crippen LogP contribution in [0.3, 0.4) is 0 Å². The van der Waals surface area contributed by atoms with E-state index in [4.69, 9.17) is 11.6 Å². The van der Waals surface area contributed by atoms with Crippen molar-refractivity contribution in [3.8, 4) is 0 Å². The Balaban J connectivity index is 1.89. The van der Waals surface area contributed by atoms with Gasteiger partial charge in [-0.2, -0.15) is 0 Å². The van der Waals surface area contributed by atoms with Gasteiger partial charge in [0.2, 0.25) is 0 Å². The van der Waals surface area contributed by atoms with Crippen LogP contribution >= 0.6 is 11.6 Å². The number of rotatable bonds is 5. The Hall–Kier alpha value is -3.45. The quantitative estimate of drug-likeness (QED) is 0.625. The molecule has 0 spiro atoms. The second-order valence-electron chi connectivity index (χ2n) is 5.71.